The number of aliphatic carboxylic acids is 1. The van der Waals surface area contributed by atoms with E-state index in [-0.39, 0.29) is 11.3 Å². The highest BCUT2D eigenvalue weighted by Gasteiger charge is 2.35. The van der Waals surface area contributed by atoms with Gasteiger partial charge in [-0.05, 0) is 42.5 Å². The second kappa shape index (κ2) is 6.74. The number of carbonyl (C=O) groups excluding carboxylic acids is 1. The zero-order chi connectivity index (χ0) is 17.1. The summed E-state index contributed by atoms with van der Waals surface area (Å²) in [5.41, 5.74) is 2.16. The van der Waals surface area contributed by atoms with E-state index >= 15 is 0 Å². The van der Waals surface area contributed by atoms with Crippen LogP contribution in [0, 0.1) is 0 Å². The van der Waals surface area contributed by atoms with Crippen molar-refractivity contribution in [2.75, 3.05) is 6.54 Å². The van der Waals surface area contributed by atoms with E-state index in [0.717, 1.165) is 11.1 Å². The van der Waals surface area contributed by atoms with Crippen molar-refractivity contribution in [2.45, 2.75) is 25.3 Å². The van der Waals surface area contributed by atoms with E-state index in [2.05, 4.69) is 0 Å². The van der Waals surface area contributed by atoms with Gasteiger partial charge in [-0.3, -0.25) is 4.79 Å². The number of aromatic hydroxyl groups is 1. The topological polar surface area (TPSA) is 77.8 Å². The van der Waals surface area contributed by atoms with E-state index < -0.39 is 17.9 Å². The Hall–Kier alpha value is -2.82. The highest BCUT2D eigenvalue weighted by Crippen LogP contribution is 2.26. The van der Waals surface area contributed by atoms with E-state index in [1.54, 1.807) is 12.1 Å². The molecule has 0 saturated carbocycles. The molecule has 24 heavy (non-hydrogen) atoms. The number of phenolic OH excluding ortho intramolecular Hbond substituents is 1. The van der Waals surface area contributed by atoms with E-state index in [4.69, 9.17) is 0 Å². The van der Waals surface area contributed by atoms with Gasteiger partial charge >= 0.3 is 5.97 Å². The molecule has 1 atom stereocenters. The molecule has 0 radical (unpaired) electrons. The van der Waals surface area contributed by atoms with Gasteiger partial charge in [-0.15, -0.1) is 0 Å². The number of nitrogens with zero attached hydrogens (tertiary/aromatic N) is 1. The number of carbonyl (C=O) groups is 2. The minimum Gasteiger partial charge on any atom is -0.507 e. The monoisotopic (exact) mass is 325 g/mol. The molecule has 1 fully saturated rings. The van der Waals surface area contributed by atoms with Crippen LogP contribution in [0.5, 0.6) is 5.75 Å². The molecular formula is C19H19NO4. The van der Waals surface area contributed by atoms with Crippen LogP contribution in [-0.2, 0) is 11.2 Å². The van der Waals surface area contributed by atoms with Gasteiger partial charge in [-0.2, -0.15) is 0 Å². The van der Waals surface area contributed by atoms with Crippen LogP contribution in [0.25, 0.3) is 0 Å². The van der Waals surface area contributed by atoms with Gasteiger partial charge in [0.05, 0.1) is 5.56 Å². The first-order valence-corrected chi connectivity index (χ1v) is 7.96. The van der Waals surface area contributed by atoms with Crippen LogP contribution in [0.1, 0.15) is 34.3 Å². The average molecular weight is 325 g/mol. The molecule has 1 amide bonds. The minimum atomic E-state index is -0.999. The normalized spacial score (nSPS) is 17.0. The maximum absolute atomic E-state index is 12.7. The molecule has 5 nitrogen and oxygen atoms in total. The summed E-state index contributed by atoms with van der Waals surface area (Å²) in [5, 5.41) is 19.3. The van der Waals surface area contributed by atoms with Crippen LogP contribution < -0.4 is 0 Å². The van der Waals surface area contributed by atoms with Gasteiger partial charge in [0.15, 0.2) is 0 Å². The predicted molar refractivity (Wildman–Crippen MR) is 89.0 cm³/mol. The molecule has 1 unspecified atom stereocenters. The molecule has 2 N–H and O–H groups in total. The zero-order valence-electron chi connectivity index (χ0n) is 13.2. The van der Waals surface area contributed by atoms with Crippen LogP contribution >= 0.6 is 0 Å². The summed E-state index contributed by atoms with van der Waals surface area (Å²) < 4.78 is 0. The second-order valence-electron chi connectivity index (χ2n) is 6.01. The Balaban J connectivity index is 1.86. The van der Waals surface area contributed by atoms with Crippen LogP contribution in [0.4, 0.5) is 0 Å². The number of hydrogen-bond donors (Lipinski definition) is 2. The third kappa shape index (κ3) is 3.25. The van der Waals surface area contributed by atoms with Gasteiger partial charge in [0.25, 0.3) is 5.91 Å². The number of amides is 1. The predicted octanol–water partition coefficient (Wildman–Crippen LogP) is 2.67. The molecule has 1 saturated heterocycles. The quantitative estimate of drug-likeness (QED) is 0.906. The largest absolute Gasteiger partial charge is 0.507 e. The highest BCUT2D eigenvalue weighted by atomic mass is 16.4. The average Bonchev–Trinajstić information content (AvgIpc) is 3.07. The van der Waals surface area contributed by atoms with E-state index in [1.807, 2.05) is 30.3 Å². The van der Waals surface area contributed by atoms with Crippen molar-refractivity contribution < 1.29 is 19.8 Å². The summed E-state index contributed by atoms with van der Waals surface area (Å²) in [4.78, 5) is 25.3. The summed E-state index contributed by atoms with van der Waals surface area (Å²) in [6.07, 6.45) is 1.75. The Labute approximate surface area is 140 Å². The summed E-state index contributed by atoms with van der Waals surface area (Å²) >= 11 is 0. The second-order valence-corrected chi connectivity index (χ2v) is 6.01. The molecule has 5 heteroatoms. The molecule has 124 valence electrons. The molecule has 0 aliphatic carbocycles. The number of likely N-dealkylation sites (tertiary alicyclic amines) is 1. The lowest BCUT2D eigenvalue weighted by Gasteiger charge is -2.22. The van der Waals surface area contributed by atoms with Crippen molar-refractivity contribution in [1.82, 2.24) is 4.90 Å². The number of phenols is 1. The van der Waals surface area contributed by atoms with E-state index in [1.165, 1.54) is 11.0 Å². The third-order valence-electron chi connectivity index (χ3n) is 4.34. The molecule has 0 spiro atoms. The molecule has 1 aliphatic rings. The number of hydrogen-bond acceptors (Lipinski definition) is 3. The lowest BCUT2D eigenvalue weighted by molar-refractivity contribution is -0.141. The highest BCUT2D eigenvalue weighted by molar-refractivity contribution is 5.99. The van der Waals surface area contributed by atoms with Gasteiger partial charge in [0.1, 0.15) is 11.8 Å². The summed E-state index contributed by atoms with van der Waals surface area (Å²) in [5.74, 6) is -1.54. The fourth-order valence-corrected chi connectivity index (χ4v) is 3.12. The van der Waals surface area contributed by atoms with Gasteiger partial charge in [0.2, 0.25) is 0 Å². The van der Waals surface area contributed by atoms with Crippen LogP contribution in [0.2, 0.25) is 0 Å². The van der Waals surface area contributed by atoms with Gasteiger partial charge < -0.3 is 15.1 Å². The summed E-state index contributed by atoms with van der Waals surface area (Å²) in [7, 11) is 0. The molecule has 2 aromatic rings. The Morgan fingerprint density at radius 1 is 1.08 bits per heavy atom. The summed E-state index contributed by atoms with van der Waals surface area (Å²) in [6, 6.07) is 13.9. The number of benzene rings is 2. The molecule has 3 rings (SSSR count). The van der Waals surface area contributed by atoms with Crippen molar-refractivity contribution in [3.05, 3.63) is 65.2 Å². The van der Waals surface area contributed by atoms with Gasteiger partial charge in [-0.25, -0.2) is 4.79 Å². The lowest BCUT2D eigenvalue weighted by atomic mass is 10.0. The van der Waals surface area contributed by atoms with Crippen LogP contribution in [-0.4, -0.2) is 39.6 Å². The molecule has 1 aliphatic heterocycles. The van der Waals surface area contributed by atoms with Crippen molar-refractivity contribution in [3.8, 4) is 5.75 Å². The molecule has 2 aromatic carbocycles. The zero-order valence-corrected chi connectivity index (χ0v) is 13.2. The number of rotatable bonds is 4. The van der Waals surface area contributed by atoms with E-state index in [9.17, 15) is 19.8 Å². The van der Waals surface area contributed by atoms with Gasteiger partial charge in [-0.1, -0.05) is 36.4 Å². The van der Waals surface area contributed by atoms with Gasteiger partial charge in [0, 0.05) is 6.54 Å². The SMILES string of the molecule is O=C(O)C1CCCN1C(=O)c1cc(Cc2ccccc2)ccc1O. The smallest absolute Gasteiger partial charge is 0.326 e. The summed E-state index contributed by atoms with van der Waals surface area (Å²) in [6.45, 7) is 0.401. The molecule has 1 heterocycles. The first-order valence-electron chi connectivity index (χ1n) is 7.96. The number of carboxylic acid groups (broad SMARTS) is 1. The van der Waals surface area contributed by atoms with Crippen molar-refractivity contribution >= 4 is 11.9 Å². The maximum atomic E-state index is 12.7. The van der Waals surface area contributed by atoms with Crippen LogP contribution in [0.15, 0.2) is 48.5 Å². The number of carboxylic acids is 1. The standard InChI is InChI=1S/C19H19NO4/c21-17-9-8-14(11-13-5-2-1-3-6-13)12-15(17)18(22)20-10-4-7-16(20)19(23)24/h1-3,5-6,8-9,12,16,21H,4,7,10-11H2,(H,23,24). The Kier molecular flexibility index (Phi) is 4.51. The fraction of sp³-hybridized carbons (Fsp3) is 0.263. The van der Waals surface area contributed by atoms with Crippen molar-refractivity contribution in [2.24, 2.45) is 0 Å². The fourth-order valence-electron chi connectivity index (χ4n) is 3.12. The maximum Gasteiger partial charge on any atom is 0.326 e. The Bertz CT molecular complexity index is 757. The molecular weight excluding hydrogens is 306 g/mol. The lowest BCUT2D eigenvalue weighted by Crippen LogP contribution is -2.40. The minimum absolute atomic E-state index is 0.118. The van der Waals surface area contributed by atoms with E-state index in [0.29, 0.717) is 25.8 Å². The Morgan fingerprint density at radius 3 is 2.54 bits per heavy atom. The Morgan fingerprint density at radius 2 is 1.83 bits per heavy atom. The first-order chi connectivity index (χ1) is 11.6. The van der Waals surface area contributed by atoms with Crippen LogP contribution in [0.3, 0.4) is 0 Å². The molecule has 0 bridgehead atoms. The molecule has 0 aromatic heterocycles. The first kappa shape index (κ1) is 16.1. The van der Waals surface area contributed by atoms with Crippen molar-refractivity contribution in [3.63, 3.8) is 0 Å². The third-order valence-corrected chi connectivity index (χ3v) is 4.34. The van der Waals surface area contributed by atoms with Crippen molar-refractivity contribution in [1.29, 1.82) is 0 Å².